The molecule has 0 aromatic heterocycles. The van der Waals surface area contributed by atoms with Crippen molar-refractivity contribution in [1.29, 1.82) is 0 Å². The molecule has 0 aromatic rings. The van der Waals surface area contributed by atoms with Gasteiger partial charge in [0.2, 0.25) is 0 Å². The Morgan fingerprint density at radius 1 is 0.778 bits per heavy atom. The van der Waals surface area contributed by atoms with Crippen LogP contribution in [0.2, 0.25) is 0 Å². The molecule has 0 unspecified atom stereocenters. The molecular formula is C18H40. The van der Waals surface area contributed by atoms with Crippen LogP contribution in [0.15, 0.2) is 12.2 Å². The molecule has 0 heterocycles. The molecule has 0 aliphatic heterocycles. The molecule has 0 bridgehead atoms. The van der Waals surface area contributed by atoms with Crippen molar-refractivity contribution >= 4 is 0 Å². The van der Waals surface area contributed by atoms with Crippen molar-refractivity contribution in [2.45, 2.75) is 80.1 Å². The standard InChI is InChI=1S/C16H28.2CH4.2H2/c1-3-4-14-7-11-16(12-8-14)15-9-5-13(2)6-10-15;;;;/h3-4,13-16H,5-12H2,1-2H3;2*1H4;2*1H/b4-3+;;;;. The first-order valence-electron chi connectivity index (χ1n) is 7.42. The third-order valence-corrected chi connectivity index (χ3v) is 5.01. The molecule has 0 saturated heterocycles. The molecule has 2 aliphatic rings. The van der Waals surface area contributed by atoms with Crippen LogP contribution in [0.25, 0.3) is 0 Å². The van der Waals surface area contributed by atoms with E-state index >= 15 is 0 Å². The van der Waals surface area contributed by atoms with Crippen molar-refractivity contribution in [3.63, 3.8) is 0 Å². The van der Waals surface area contributed by atoms with Crippen LogP contribution >= 0.6 is 0 Å². The van der Waals surface area contributed by atoms with Crippen LogP contribution in [-0.2, 0) is 0 Å². The van der Waals surface area contributed by atoms with Gasteiger partial charge < -0.3 is 0 Å². The van der Waals surface area contributed by atoms with Crippen LogP contribution < -0.4 is 0 Å². The van der Waals surface area contributed by atoms with Crippen LogP contribution in [0.5, 0.6) is 0 Å². The van der Waals surface area contributed by atoms with Gasteiger partial charge in [-0.3, -0.25) is 0 Å². The summed E-state index contributed by atoms with van der Waals surface area (Å²) in [6.45, 7) is 4.59. The fourth-order valence-corrected chi connectivity index (χ4v) is 3.84. The average Bonchev–Trinajstić information content (AvgIpc) is 2.32. The van der Waals surface area contributed by atoms with E-state index in [1.165, 1.54) is 51.4 Å². The van der Waals surface area contributed by atoms with E-state index in [0.29, 0.717) is 0 Å². The minimum absolute atomic E-state index is 0. The molecule has 0 N–H and O–H groups in total. The van der Waals surface area contributed by atoms with Gasteiger partial charge in [0.05, 0.1) is 0 Å². The maximum Gasteiger partial charge on any atom is 0 e. The lowest BCUT2D eigenvalue weighted by Crippen LogP contribution is -2.24. The Labute approximate surface area is 119 Å². The summed E-state index contributed by atoms with van der Waals surface area (Å²) in [5.41, 5.74) is 0. The molecule has 0 heteroatoms. The summed E-state index contributed by atoms with van der Waals surface area (Å²) in [7, 11) is 0. The number of hydrogen-bond acceptors (Lipinski definition) is 0. The Bertz CT molecular complexity index is 222. The van der Waals surface area contributed by atoms with Crippen LogP contribution in [0.1, 0.15) is 82.9 Å². The maximum absolute atomic E-state index is 2.43. The molecule has 2 aliphatic carbocycles. The smallest absolute Gasteiger partial charge is 0 e. The lowest BCUT2D eigenvalue weighted by Gasteiger charge is -2.36. The van der Waals surface area contributed by atoms with Crippen LogP contribution in [0.3, 0.4) is 0 Å². The molecule has 112 valence electrons. The number of allylic oxidation sites excluding steroid dienone is 2. The third-order valence-electron chi connectivity index (χ3n) is 5.01. The predicted molar refractivity (Wildman–Crippen MR) is 89.1 cm³/mol. The normalized spacial score (nSPS) is 36.8. The highest BCUT2D eigenvalue weighted by Crippen LogP contribution is 2.41. The van der Waals surface area contributed by atoms with Crippen molar-refractivity contribution in [3.05, 3.63) is 12.2 Å². The van der Waals surface area contributed by atoms with E-state index in [-0.39, 0.29) is 17.7 Å². The molecule has 0 radical (unpaired) electrons. The molecule has 2 rings (SSSR count). The third kappa shape index (κ3) is 4.78. The lowest BCUT2D eigenvalue weighted by molar-refractivity contribution is 0.160. The highest BCUT2D eigenvalue weighted by Gasteiger charge is 2.28. The Balaban J connectivity index is -0.000000722. The lowest BCUT2D eigenvalue weighted by atomic mass is 9.69. The minimum Gasteiger partial charge on any atom is -0.0914 e. The van der Waals surface area contributed by atoms with Crippen molar-refractivity contribution in [2.24, 2.45) is 23.7 Å². The summed E-state index contributed by atoms with van der Waals surface area (Å²) in [4.78, 5) is 0. The van der Waals surface area contributed by atoms with Crippen molar-refractivity contribution in [1.82, 2.24) is 0 Å². The highest BCUT2D eigenvalue weighted by atomic mass is 14.3. The first-order chi connectivity index (χ1) is 7.79. The SMILES string of the molecule is C.C.C/C=C/C1CCC(C2CCC(C)CC2)CC1.[HH].[HH]. The second-order valence-corrected chi connectivity index (χ2v) is 6.22. The van der Waals surface area contributed by atoms with Crippen LogP contribution in [0.4, 0.5) is 0 Å². The van der Waals surface area contributed by atoms with Gasteiger partial charge in [-0.1, -0.05) is 46.8 Å². The molecule has 0 nitrogen and oxygen atoms in total. The van der Waals surface area contributed by atoms with Gasteiger partial charge in [0.15, 0.2) is 0 Å². The largest absolute Gasteiger partial charge is 0.0914 e. The summed E-state index contributed by atoms with van der Waals surface area (Å²) in [5.74, 6) is 4.08. The quantitative estimate of drug-likeness (QED) is 0.468. The zero-order valence-electron chi connectivity index (χ0n) is 11.1. The van der Waals surface area contributed by atoms with E-state index in [0.717, 1.165) is 23.7 Å². The zero-order valence-corrected chi connectivity index (χ0v) is 11.1. The first-order valence-corrected chi connectivity index (χ1v) is 7.42. The molecule has 18 heavy (non-hydrogen) atoms. The zero-order chi connectivity index (χ0) is 11.4. The second-order valence-electron chi connectivity index (χ2n) is 6.22. The number of rotatable bonds is 2. The van der Waals surface area contributed by atoms with Gasteiger partial charge in [0, 0.05) is 2.85 Å². The summed E-state index contributed by atoms with van der Waals surface area (Å²) in [6, 6.07) is 0. The molecule has 2 saturated carbocycles. The van der Waals surface area contributed by atoms with Gasteiger partial charge in [-0.25, -0.2) is 0 Å². The van der Waals surface area contributed by atoms with Gasteiger partial charge in [-0.2, -0.15) is 0 Å². The predicted octanol–water partition coefficient (Wildman–Crippen LogP) is 6.96. The molecule has 2 fully saturated rings. The summed E-state index contributed by atoms with van der Waals surface area (Å²) in [5, 5.41) is 0. The Kier molecular flexibility index (Phi) is 8.65. The van der Waals surface area contributed by atoms with Gasteiger partial charge in [0.25, 0.3) is 0 Å². The minimum atomic E-state index is 0. The van der Waals surface area contributed by atoms with E-state index in [1.54, 1.807) is 0 Å². The topological polar surface area (TPSA) is 0 Å². The summed E-state index contributed by atoms with van der Waals surface area (Å²) < 4.78 is 0. The van der Waals surface area contributed by atoms with E-state index in [1.807, 2.05) is 0 Å². The fourth-order valence-electron chi connectivity index (χ4n) is 3.84. The van der Waals surface area contributed by atoms with E-state index < -0.39 is 0 Å². The number of hydrogen-bond donors (Lipinski definition) is 0. The van der Waals surface area contributed by atoms with E-state index in [4.69, 9.17) is 0 Å². The van der Waals surface area contributed by atoms with E-state index in [9.17, 15) is 0 Å². The van der Waals surface area contributed by atoms with E-state index in [2.05, 4.69) is 26.0 Å². The Hall–Kier alpha value is -0.260. The fraction of sp³-hybridized carbons (Fsp3) is 0.889. The maximum atomic E-state index is 2.43. The van der Waals surface area contributed by atoms with Gasteiger partial charge >= 0.3 is 0 Å². The van der Waals surface area contributed by atoms with Crippen LogP contribution in [-0.4, -0.2) is 0 Å². The summed E-state index contributed by atoms with van der Waals surface area (Å²) in [6.07, 6.45) is 16.7. The Morgan fingerprint density at radius 2 is 1.22 bits per heavy atom. The highest BCUT2D eigenvalue weighted by molar-refractivity contribution is 4.90. The van der Waals surface area contributed by atoms with Gasteiger partial charge in [0.1, 0.15) is 0 Å². The van der Waals surface area contributed by atoms with Gasteiger partial charge in [-0.05, 0) is 69.1 Å². The Morgan fingerprint density at radius 3 is 1.67 bits per heavy atom. The van der Waals surface area contributed by atoms with Crippen LogP contribution in [0, 0.1) is 23.7 Å². The molecule has 0 amide bonds. The van der Waals surface area contributed by atoms with Crippen molar-refractivity contribution in [2.75, 3.05) is 0 Å². The van der Waals surface area contributed by atoms with Gasteiger partial charge in [-0.15, -0.1) is 0 Å². The first kappa shape index (κ1) is 17.7. The van der Waals surface area contributed by atoms with Crippen molar-refractivity contribution in [3.8, 4) is 0 Å². The molecule has 0 aromatic carbocycles. The molecular weight excluding hydrogens is 216 g/mol. The summed E-state index contributed by atoms with van der Waals surface area (Å²) >= 11 is 0. The average molecular weight is 257 g/mol. The monoisotopic (exact) mass is 256 g/mol. The second kappa shape index (κ2) is 8.77. The van der Waals surface area contributed by atoms with Crippen molar-refractivity contribution < 1.29 is 2.85 Å². The molecule has 0 atom stereocenters. The molecule has 0 spiro atoms.